The fourth-order valence-corrected chi connectivity index (χ4v) is 2.62. The van der Waals surface area contributed by atoms with Crippen LogP contribution in [0.15, 0.2) is 35.0 Å². The molecule has 0 saturated carbocycles. The minimum Gasteiger partial charge on any atom is -0.491 e. The number of nitrogens with one attached hydrogen (secondary N) is 1. The number of aryl methyl sites for hydroxylation is 1. The first-order valence-corrected chi connectivity index (χ1v) is 7.68. The normalized spacial score (nSPS) is 10.6. The second-order valence-electron chi connectivity index (χ2n) is 4.41. The Balaban J connectivity index is 1.62. The van der Waals surface area contributed by atoms with E-state index in [4.69, 9.17) is 16.3 Å². The molecule has 2 rings (SSSR count). The number of halogens is 1. The molecule has 1 heterocycles. The Kier molecular flexibility index (Phi) is 5.70. The van der Waals surface area contributed by atoms with Crippen LogP contribution in [0.5, 0.6) is 5.75 Å². The molecule has 0 saturated heterocycles. The summed E-state index contributed by atoms with van der Waals surface area (Å²) in [5.74, 6) is 0.765. The zero-order valence-corrected chi connectivity index (χ0v) is 12.6. The van der Waals surface area contributed by atoms with Gasteiger partial charge in [-0.15, -0.1) is 0 Å². The molecule has 0 fully saturated rings. The molecular weight excluding hydrogens is 278 g/mol. The number of benzene rings is 1. The molecule has 0 spiro atoms. The fourth-order valence-electron chi connectivity index (χ4n) is 1.75. The van der Waals surface area contributed by atoms with Gasteiger partial charge in [-0.25, -0.2) is 0 Å². The molecule has 1 aromatic carbocycles. The number of ether oxygens (including phenoxy) is 1. The van der Waals surface area contributed by atoms with E-state index >= 15 is 0 Å². The van der Waals surface area contributed by atoms with Gasteiger partial charge in [0.15, 0.2) is 0 Å². The van der Waals surface area contributed by atoms with E-state index in [1.807, 2.05) is 25.1 Å². The van der Waals surface area contributed by atoms with E-state index in [0.717, 1.165) is 30.8 Å². The van der Waals surface area contributed by atoms with Crippen LogP contribution >= 0.6 is 22.9 Å². The monoisotopic (exact) mass is 295 g/mol. The smallest absolute Gasteiger partial charge is 0.138 e. The summed E-state index contributed by atoms with van der Waals surface area (Å²) in [4.78, 5) is 0. The third-order valence-corrected chi connectivity index (χ3v) is 3.84. The van der Waals surface area contributed by atoms with E-state index in [1.165, 1.54) is 5.56 Å². The number of thiophene rings is 1. The fraction of sp³-hybridized carbons (Fsp3) is 0.333. The van der Waals surface area contributed by atoms with Gasteiger partial charge >= 0.3 is 0 Å². The highest BCUT2D eigenvalue weighted by Crippen LogP contribution is 2.24. The van der Waals surface area contributed by atoms with Crippen molar-refractivity contribution in [2.75, 3.05) is 19.7 Å². The van der Waals surface area contributed by atoms with Crippen molar-refractivity contribution in [3.63, 3.8) is 0 Å². The molecule has 0 atom stereocenters. The zero-order chi connectivity index (χ0) is 13.5. The molecule has 2 aromatic rings. The van der Waals surface area contributed by atoms with Crippen molar-refractivity contribution in [3.05, 3.63) is 51.2 Å². The Bertz CT molecular complexity index is 499. The predicted molar refractivity (Wildman–Crippen MR) is 82.6 cm³/mol. The molecule has 1 aromatic heterocycles. The lowest BCUT2D eigenvalue weighted by Crippen LogP contribution is -2.23. The summed E-state index contributed by atoms with van der Waals surface area (Å²) in [7, 11) is 0. The number of hydrogen-bond acceptors (Lipinski definition) is 3. The van der Waals surface area contributed by atoms with Crippen LogP contribution in [0.2, 0.25) is 5.02 Å². The molecule has 2 nitrogen and oxygen atoms in total. The average Bonchev–Trinajstić information content (AvgIpc) is 2.90. The number of rotatable bonds is 7. The maximum atomic E-state index is 6.06. The first-order valence-electron chi connectivity index (χ1n) is 6.36. The van der Waals surface area contributed by atoms with Crippen LogP contribution in [0, 0.1) is 6.92 Å². The van der Waals surface area contributed by atoms with Crippen LogP contribution < -0.4 is 10.1 Å². The third-order valence-electron chi connectivity index (χ3n) is 2.79. The molecule has 1 N–H and O–H groups in total. The van der Waals surface area contributed by atoms with Gasteiger partial charge in [0, 0.05) is 6.54 Å². The average molecular weight is 296 g/mol. The lowest BCUT2D eigenvalue weighted by molar-refractivity contribution is 0.314. The first-order chi connectivity index (χ1) is 9.25. The van der Waals surface area contributed by atoms with E-state index in [9.17, 15) is 0 Å². The Morgan fingerprint density at radius 1 is 1.26 bits per heavy atom. The quantitative estimate of drug-likeness (QED) is 0.782. The molecule has 0 bridgehead atoms. The Labute approximate surface area is 123 Å². The van der Waals surface area contributed by atoms with Gasteiger partial charge < -0.3 is 10.1 Å². The van der Waals surface area contributed by atoms with Crippen LogP contribution in [0.25, 0.3) is 0 Å². The van der Waals surface area contributed by atoms with E-state index in [2.05, 4.69) is 22.1 Å². The zero-order valence-electron chi connectivity index (χ0n) is 11.0. The Morgan fingerprint density at radius 2 is 2.16 bits per heavy atom. The lowest BCUT2D eigenvalue weighted by atomic mass is 10.2. The highest BCUT2D eigenvalue weighted by Gasteiger charge is 2.01. The largest absolute Gasteiger partial charge is 0.491 e. The Morgan fingerprint density at radius 3 is 2.95 bits per heavy atom. The third kappa shape index (κ3) is 4.86. The van der Waals surface area contributed by atoms with Crippen molar-refractivity contribution in [1.29, 1.82) is 0 Å². The molecule has 0 amide bonds. The standard InChI is InChI=1S/C15H18ClNOS/c1-12-2-3-14(16)15(10-12)18-8-7-17-6-4-13-5-9-19-11-13/h2-3,5,9-11,17H,4,6-8H2,1H3. The SMILES string of the molecule is Cc1ccc(Cl)c(OCCNCCc2ccsc2)c1. The second kappa shape index (κ2) is 7.53. The topological polar surface area (TPSA) is 21.3 Å². The van der Waals surface area contributed by atoms with Gasteiger partial charge in [0.25, 0.3) is 0 Å². The van der Waals surface area contributed by atoms with Gasteiger partial charge in [0.05, 0.1) is 5.02 Å². The summed E-state index contributed by atoms with van der Waals surface area (Å²) in [6, 6.07) is 7.98. The van der Waals surface area contributed by atoms with Crippen LogP contribution in [0.1, 0.15) is 11.1 Å². The molecular formula is C15H18ClNOS. The summed E-state index contributed by atoms with van der Waals surface area (Å²) in [6.45, 7) is 4.46. The van der Waals surface area contributed by atoms with Gasteiger partial charge in [0.2, 0.25) is 0 Å². The van der Waals surface area contributed by atoms with Gasteiger partial charge in [0.1, 0.15) is 12.4 Å². The van der Waals surface area contributed by atoms with Crippen LogP contribution in [-0.4, -0.2) is 19.7 Å². The van der Waals surface area contributed by atoms with Gasteiger partial charge in [-0.05, 0) is 60.0 Å². The maximum absolute atomic E-state index is 6.06. The minimum atomic E-state index is 0.632. The minimum absolute atomic E-state index is 0.632. The molecule has 0 aliphatic rings. The highest BCUT2D eigenvalue weighted by molar-refractivity contribution is 7.07. The van der Waals surface area contributed by atoms with Crippen molar-refractivity contribution in [2.45, 2.75) is 13.3 Å². The first kappa shape index (κ1) is 14.4. The van der Waals surface area contributed by atoms with Crippen molar-refractivity contribution in [3.8, 4) is 5.75 Å². The van der Waals surface area contributed by atoms with Gasteiger partial charge in [-0.3, -0.25) is 0 Å². The summed E-state index contributed by atoms with van der Waals surface area (Å²) in [5.41, 5.74) is 2.55. The van der Waals surface area contributed by atoms with Crippen molar-refractivity contribution >= 4 is 22.9 Å². The summed E-state index contributed by atoms with van der Waals surface area (Å²) in [6.07, 6.45) is 1.06. The van der Waals surface area contributed by atoms with Gasteiger partial charge in [-0.2, -0.15) is 11.3 Å². The van der Waals surface area contributed by atoms with E-state index in [1.54, 1.807) is 11.3 Å². The maximum Gasteiger partial charge on any atom is 0.138 e. The molecule has 0 unspecified atom stereocenters. The highest BCUT2D eigenvalue weighted by atomic mass is 35.5. The van der Waals surface area contributed by atoms with Gasteiger partial charge in [-0.1, -0.05) is 17.7 Å². The van der Waals surface area contributed by atoms with Crippen LogP contribution in [0.3, 0.4) is 0 Å². The van der Waals surface area contributed by atoms with E-state index < -0.39 is 0 Å². The van der Waals surface area contributed by atoms with Crippen molar-refractivity contribution in [2.24, 2.45) is 0 Å². The molecule has 4 heteroatoms. The Hall–Kier alpha value is -1.03. The van der Waals surface area contributed by atoms with Crippen LogP contribution in [-0.2, 0) is 6.42 Å². The summed E-state index contributed by atoms with van der Waals surface area (Å²) >= 11 is 7.80. The van der Waals surface area contributed by atoms with Crippen molar-refractivity contribution in [1.82, 2.24) is 5.32 Å². The predicted octanol–water partition coefficient (Wildman–Crippen LogP) is 3.92. The summed E-state index contributed by atoms with van der Waals surface area (Å²) < 4.78 is 5.66. The molecule has 102 valence electrons. The van der Waals surface area contributed by atoms with E-state index in [-0.39, 0.29) is 0 Å². The lowest BCUT2D eigenvalue weighted by Gasteiger charge is -2.09. The summed E-state index contributed by atoms with van der Waals surface area (Å²) in [5, 5.41) is 8.33. The van der Waals surface area contributed by atoms with E-state index in [0.29, 0.717) is 11.6 Å². The molecule has 0 radical (unpaired) electrons. The van der Waals surface area contributed by atoms with Crippen molar-refractivity contribution < 1.29 is 4.74 Å². The second-order valence-corrected chi connectivity index (χ2v) is 5.60. The molecule has 0 aliphatic heterocycles. The number of hydrogen-bond donors (Lipinski definition) is 1. The molecule has 0 aliphatic carbocycles. The molecule has 19 heavy (non-hydrogen) atoms. The van der Waals surface area contributed by atoms with Crippen LogP contribution in [0.4, 0.5) is 0 Å².